The van der Waals surface area contributed by atoms with Crippen LogP contribution in [0.5, 0.6) is 0 Å². The van der Waals surface area contributed by atoms with Crippen molar-refractivity contribution >= 4 is 38.6 Å². The van der Waals surface area contributed by atoms with Crippen molar-refractivity contribution in [3.05, 3.63) is 51.5 Å². The molecule has 0 spiro atoms. The summed E-state index contributed by atoms with van der Waals surface area (Å²) in [5.41, 5.74) is 3.67. The maximum Gasteiger partial charge on any atom is 0.228 e. The van der Waals surface area contributed by atoms with Gasteiger partial charge in [-0.1, -0.05) is 23.7 Å². The van der Waals surface area contributed by atoms with Crippen molar-refractivity contribution in [2.75, 3.05) is 0 Å². The van der Waals surface area contributed by atoms with E-state index in [1.54, 1.807) is 0 Å². The van der Waals surface area contributed by atoms with Crippen LogP contribution in [0, 0.1) is 6.92 Å². The van der Waals surface area contributed by atoms with Gasteiger partial charge in [0.15, 0.2) is 5.58 Å². The van der Waals surface area contributed by atoms with E-state index in [9.17, 15) is 0 Å². The highest BCUT2D eigenvalue weighted by atomic mass is 79.9. The van der Waals surface area contributed by atoms with Crippen LogP contribution < -0.4 is 0 Å². The molecule has 0 aliphatic heterocycles. The normalized spacial score (nSPS) is 11.1. The number of halogens is 2. The van der Waals surface area contributed by atoms with E-state index in [-0.39, 0.29) is 0 Å². The number of benzene rings is 2. The third-order valence-electron chi connectivity index (χ3n) is 2.77. The van der Waals surface area contributed by atoms with Crippen LogP contribution >= 0.6 is 27.5 Å². The summed E-state index contributed by atoms with van der Waals surface area (Å²) in [4.78, 5) is 4.49. The first-order valence-corrected chi connectivity index (χ1v) is 6.64. The lowest BCUT2D eigenvalue weighted by Gasteiger charge is -1.99. The first-order valence-electron chi connectivity index (χ1n) is 5.47. The number of hydrogen-bond donors (Lipinski definition) is 0. The van der Waals surface area contributed by atoms with Crippen LogP contribution in [-0.4, -0.2) is 4.98 Å². The summed E-state index contributed by atoms with van der Waals surface area (Å²) in [5.74, 6) is 0.600. The summed E-state index contributed by atoms with van der Waals surface area (Å²) in [7, 11) is 0. The van der Waals surface area contributed by atoms with Crippen LogP contribution in [0.3, 0.4) is 0 Å². The fourth-order valence-corrected chi connectivity index (χ4v) is 2.72. The first kappa shape index (κ1) is 11.8. The molecule has 3 rings (SSSR count). The lowest BCUT2D eigenvalue weighted by atomic mass is 10.2. The number of aryl methyl sites for hydroxylation is 1. The average molecular weight is 323 g/mol. The number of fused-ring (bicyclic) bond motifs is 1. The van der Waals surface area contributed by atoms with Gasteiger partial charge >= 0.3 is 0 Å². The molecule has 18 heavy (non-hydrogen) atoms. The van der Waals surface area contributed by atoms with Gasteiger partial charge in [-0.15, -0.1) is 0 Å². The molecule has 4 heteroatoms. The monoisotopic (exact) mass is 321 g/mol. The van der Waals surface area contributed by atoms with Gasteiger partial charge in [-0.2, -0.15) is 0 Å². The molecule has 0 bridgehead atoms. The second-order valence-corrected chi connectivity index (χ2v) is 5.36. The molecule has 0 unspecified atom stereocenters. The number of oxazole rings is 1. The molecule has 2 nitrogen and oxygen atoms in total. The lowest BCUT2D eigenvalue weighted by Crippen LogP contribution is -1.79. The Hall–Kier alpha value is -1.32. The quantitative estimate of drug-likeness (QED) is 0.614. The van der Waals surface area contributed by atoms with Gasteiger partial charge in [0, 0.05) is 9.50 Å². The Balaban J connectivity index is 2.23. The van der Waals surface area contributed by atoms with Crippen LogP contribution in [0.4, 0.5) is 0 Å². The lowest BCUT2D eigenvalue weighted by molar-refractivity contribution is 0.617. The van der Waals surface area contributed by atoms with Crippen LogP contribution in [-0.2, 0) is 0 Å². The van der Waals surface area contributed by atoms with Gasteiger partial charge in [0.25, 0.3) is 0 Å². The third-order valence-corrected chi connectivity index (χ3v) is 3.66. The van der Waals surface area contributed by atoms with Crippen molar-refractivity contribution in [2.24, 2.45) is 0 Å². The summed E-state index contributed by atoms with van der Waals surface area (Å²) in [6.07, 6.45) is 0. The van der Waals surface area contributed by atoms with Gasteiger partial charge in [0.1, 0.15) is 5.52 Å². The molecule has 0 aliphatic rings. The molecule has 90 valence electrons. The zero-order valence-electron chi connectivity index (χ0n) is 9.58. The van der Waals surface area contributed by atoms with E-state index >= 15 is 0 Å². The summed E-state index contributed by atoms with van der Waals surface area (Å²) < 4.78 is 6.70. The molecule has 1 aromatic heterocycles. The van der Waals surface area contributed by atoms with Gasteiger partial charge in [0.2, 0.25) is 5.89 Å². The minimum Gasteiger partial charge on any atom is -0.436 e. The topological polar surface area (TPSA) is 26.0 Å². The fraction of sp³-hybridized carbons (Fsp3) is 0.0714. The Morgan fingerprint density at radius 3 is 2.78 bits per heavy atom. The molecule has 0 saturated carbocycles. The predicted molar refractivity (Wildman–Crippen MR) is 76.9 cm³/mol. The third kappa shape index (κ3) is 1.93. The first-order chi connectivity index (χ1) is 8.65. The van der Waals surface area contributed by atoms with E-state index in [2.05, 4.69) is 20.9 Å². The molecule has 0 aliphatic carbocycles. The second-order valence-electron chi connectivity index (χ2n) is 4.07. The Bertz CT molecular complexity index is 736. The van der Waals surface area contributed by atoms with Crippen LogP contribution in [0.15, 0.2) is 45.3 Å². The van der Waals surface area contributed by atoms with Gasteiger partial charge in [-0.05, 0) is 52.7 Å². The average Bonchev–Trinajstić information content (AvgIpc) is 2.74. The molecule has 0 amide bonds. The van der Waals surface area contributed by atoms with Crippen LogP contribution in [0.1, 0.15) is 5.56 Å². The maximum atomic E-state index is 5.93. The molecule has 0 saturated heterocycles. The van der Waals surface area contributed by atoms with Crippen molar-refractivity contribution in [1.82, 2.24) is 4.98 Å². The minimum atomic E-state index is 0.600. The SMILES string of the molecule is Cc1cccc2nc(-c3ccc(Cl)cc3Br)oc12. The van der Waals surface area contributed by atoms with Crippen molar-refractivity contribution in [3.63, 3.8) is 0 Å². The van der Waals surface area contributed by atoms with Gasteiger partial charge in [0.05, 0.1) is 5.56 Å². The number of para-hydroxylation sites is 1. The zero-order valence-corrected chi connectivity index (χ0v) is 11.9. The van der Waals surface area contributed by atoms with Crippen molar-refractivity contribution < 1.29 is 4.42 Å². The van der Waals surface area contributed by atoms with E-state index in [1.807, 2.05) is 43.3 Å². The van der Waals surface area contributed by atoms with Crippen molar-refractivity contribution in [2.45, 2.75) is 6.92 Å². The van der Waals surface area contributed by atoms with E-state index < -0.39 is 0 Å². The highest BCUT2D eigenvalue weighted by molar-refractivity contribution is 9.10. The van der Waals surface area contributed by atoms with Crippen LogP contribution in [0.25, 0.3) is 22.6 Å². The van der Waals surface area contributed by atoms with E-state index in [0.717, 1.165) is 26.7 Å². The number of hydrogen-bond acceptors (Lipinski definition) is 2. The Morgan fingerprint density at radius 1 is 1.22 bits per heavy atom. The molecule has 3 aromatic rings. The summed E-state index contributed by atoms with van der Waals surface area (Å²) in [5, 5.41) is 0.679. The molecular formula is C14H9BrClNO. The highest BCUT2D eigenvalue weighted by Crippen LogP contribution is 2.32. The molecule has 0 atom stereocenters. The largest absolute Gasteiger partial charge is 0.436 e. The number of rotatable bonds is 1. The number of aromatic nitrogens is 1. The van der Waals surface area contributed by atoms with E-state index in [0.29, 0.717) is 10.9 Å². The standard InChI is InChI=1S/C14H9BrClNO/c1-8-3-2-4-12-13(8)18-14(17-12)10-6-5-9(16)7-11(10)15/h2-7H,1H3. The smallest absolute Gasteiger partial charge is 0.228 e. The molecule has 2 aromatic carbocycles. The van der Waals surface area contributed by atoms with E-state index in [1.165, 1.54) is 0 Å². The summed E-state index contributed by atoms with van der Waals surface area (Å²) >= 11 is 9.40. The molecule has 0 fully saturated rings. The Kier molecular flexibility index (Phi) is 2.88. The van der Waals surface area contributed by atoms with E-state index in [4.69, 9.17) is 16.0 Å². The predicted octanol–water partition coefficient (Wildman–Crippen LogP) is 5.22. The van der Waals surface area contributed by atoms with Crippen LogP contribution in [0.2, 0.25) is 5.02 Å². The zero-order chi connectivity index (χ0) is 12.7. The fourth-order valence-electron chi connectivity index (χ4n) is 1.86. The van der Waals surface area contributed by atoms with Gasteiger partial charge < -0.3 is 4.42 Å². The molecule has 0 N–H and O–H groups in total. The Labute approximate surface area is 118 Å². The van der Waals surface area contributed by atoms with Gasteiger partial charge in [-0.25, -0.2) is 4.98 Å². The minimum absolute atomic E-state index is 0.600. The number of nitrogens with zero attached hydrogens (tertiary/aromatic N) is 1. The summed E-state index contributed by atoms with van der Waals surface area (Å²) in [6, 6.07) is 11.5. The maximum absolute atomic E-state index is 5.93. The highest BCUT2D eigenvalue weighted by Gasteiger charge is 2.12. The van der Waals surface area contributed by atoms with Gasteiger partial charge in [-0.3, -0.25) is 0 Å². The second kappa shape index (κ2) is 4.41. The Morgan fingerprint density at radius 2 is 2.06 bits per heavy atom. The molecule has 1 heterocycles. The molecule has 0 radical (unpaired) electrons. The van der Waals surface area contributed by atoms with Crippen molar-refractivity contribution in [1.29, 1.82) is 0 Å². The summed E-state index contributed by atoms with van der Waals surface area (Å²) in [6.45, 7) is 2.01. The van der Waals surface area contributed by atoms with Crippen molar-refractivity contribution in [3.8, 4) is 11.5 Å². The molecular weight excluding hydrogens is 314 g/mol.